The minimum absolute atomic E-state index is 0.325. The van der Waals surface area contributed by atoms with Crippen molar-refractivity contribution >= 4 is 46.9 Å². The minimum atomic E-state index is -11.2. The Labute approximate surface area is 146 Å². The Balaban J connectivity index is 0.000000277. The summed E-state index contributed by atoms with van der Waals surface area (Å²) in [6.07, 6.45) is 2.63. The van der Waals surface area contributed by atoms with E-state index in [-0.39, 0.29) is 0 Å². The molecule has 0 aromatic heterocycles. The summed E-state index contributed by atoms with van der Waals surface area (Å²) in [7, 11) is 0.359. The van der Waals surface area contributed by atoms with E-state index in [4.69, 9.17) is 0 Å². The van der Waals surface area contributed by atoms with Crippen LogP contribution in [0.2, 0.25) is 0 Å². The number of ketones is 1. The molecule has 25 heavy (non-hydrogen) atoms. The Morgan fingerprint density at radius 1 is 0.880 bits per heavy atom. The van der Waals surface area contributed by atoms with E-state index in [1.807, 2.05) is 24.3 Å². The van der Waals surface area contributed by atoms with Gasteiger partial charge in [-0.3, -0.25) is 4.79 Å². The van der Waals surface area contributed by atoms with Crippen LogP contribution in [-0.2, 0) is 10.9 Å². The molecule has 1 fully saturated rings. The fourth-order valence-electron chi connectivity index (χ4n) is 2.49. The number of Topliss-reactive ketones (excluding diaryl/α,β-unsaturated/α-hetero) is 1. The van der Waals surface area contributed by atoms with Crippen LogP contribution in [0.15, 0.2) is 42.5 Å². The third-order valence-corrected chi connectivity index (χ3v) is 5.93. The molecule has 3 rings (SSSR count). The first kappa shape index (κ1) is 20.4. The van der Waals surface area contributed by atoms with Gasteiger partial charge in [-0.15, -0.1) is 0 Å². The van der Waals surface area contributed by atoms with E-state index in [0.29, 0.717) is 16.7 Å². The predicted octanol–water partition coefficient (Wildman–Crippen LogP) is 5.58. The zero-order valence-corrected chi connectivity index (χ0v) is 16.5. The molecule has 9 heteroatoms. The van der Waals surface area contributed by atoms with Crippen LogP contribution in [0.3, 0.4) is 0 Å². The molecule has 0 N–H and O–H groups in total. The Hall–Kier alpha value is -0.882. The van der Waals surface area contributed by atoms with Gasteiger partial charge in [-0.2, -0.15) is 0 Å². The zero-order chi connectivity index (χ0) is 18.8. The van der Waals surface area contributed by atoms with Crippen molar-refractivity contribution in [2.45, 2.75) is 12.8 Å². The topological polar surface area (TPSA) is 17.1 Å². The molecule has 0 amide bonds. The molecule has 0 spiro atoms. The SMILES string of the molecule is O=C(C[S+]1CCCC1)c1ccc2ccccc2c1.[F][Sb-]([F])([F])([F])([F])[F]. The van der Waals surface area contributed by atoms with Crippen molar-refractivity contribution in [1.82, 2.24) is 0 Å². The van der Waals surface area contributed by atoms with Gasteiger partial charge in [-0.05, 0) is 40.6 Å². The van der Waals surface area contributed by atoms with Crippen LogP contribution in [0.1, 0.15) is 23.2 Å². The molecule has 140 valence electrons. The summed E-state index contributed by atoms with van der Waals surface area (Å²) in [4.78, 5) is 12.3. The summed E-state index contributed by atoms with van der Waals surface area (Å²) in [5.74, 6) is 3.61. The predicted molar refractivity (Wildman–Crippen MR) is 91.9 cm³/mol. The fourth-order valence-corrected chi connectivity index (χ4v) is 4.75. The van der Waals surface area contributed by atoms with Crippen LogP contribution in [0.5, 0.6) is 0 Å². The molecular formula is C16H17F6OSSb. The molecular weight excluding hydrogens is 476 g/mol. The molecule has 2 aromatic rings. The molecule has 1 aliphatic heterocycles. The van der Waals surface area contributed by atoms with E-state index in [2.05, 4.69) is 18.2 Å². The average molecular weight is 493 g/mol. The molecule has 1 saturated heterocycles. The second kappa shape index (κ2) is 6.69. The Morgan fingerprint density at radius 3 is 1.96 bits per heavy atom. The summed E-state index contributed by atoms with van der Waals surface area (Å²) >= 11 is -11.2. The number of halogens is 6. The summed E-state index contributed by atoms with van der Waals surface area (Å²) in [5.41, 5.74) is 0.883. The van der Waals surface area contributed by atoms with E-state index in [0.717, 1.165) is 16.7 Å². The van der Waals surface area contributed by atoms with Crippen molar-refractivity contribution < 1.29 is 21.7 Å². The maximum absolute atomic E-state index is 12.3. The van der Waals surface area contributed by atoms with E-state index in [1.165, 1.54) is 29.7 Å². The van der Waals surface area contributed by atoms with Crippen molar-refractivity contribution in [2.75, 3.05) is 17.3 Å². The van der Waals surface area contributed by atoms with Crippen LogP contribution in [0.25, 0.3) is 10.8 Å². The zero-order valence-electron chi connectivity index (χ0n) is 13.1. The fraction of sp³-hybridized carbons (Fsp3) is 0.312. The molecule has 0 bridgehead atoms. The Kier molecular flexibility index (Phi) is 5.47. The van der Waals surface area contributed by atoms with Gasteiger partial charge in [0.05, 0.1) is 0 Å². The summed E-state index contributed by atoms with van der Waals surface area (Å²) in [6.45, 7) is 0. The second-order valence-corrected chi connectivity index (χ2v) is 13.6. The third kappa shape index (κ3) is 8.86. The van der Waals surface area contributed by atoms with Gasteiger partial charge < -0.3 is 0 Å². The summed E-state index contributed by atoms with van der Waals surface area (Å²) in [6, 6.07) is 14.3. The van der Waals surface area contributed by atoms with E-state index < -0.39 is 19.5 Å². The van der Waals surface area contributed by atoms with Gasteiger partial charge in [0, 0.05) is 5.56 Å². The average Bonchev–Trinajstić information content (AvgIpc) is 2.96. The second-order valence-electron chi connectivity index (χ2n) is 5.82. The standard InChI is InChI=1S/C16H17OS.6FH.Sb/c17-16(12-18-9-3-4-10-18)15-8-7-13-5-1-2-6-14(13)11-15;;;;;;;/h1-2,5-8,11H,3-4,9-10,12H2;6*1H;/q+1;;;;;;;+5/p-6. The van der Waals surface area contributed by atoms with E-state index in [9.17, 15) is 21.7 Å². The van der Waals surface area contributed by atoms with Gasteiger partial charge in [0.2, 0.25) is 5.78 Å². The summed E-state index contributed by atoms with van der Waals surface area (Å²) < 4.78 is 59.6. The molecule has 0 unspecified atom stereocenters. The quantitative estimate of drug-likeness (QED) is 0.237. The number of hydrogen-bond donors (Lipinski definition) is 0. The number of fused-ring (bicyclic) bond motifs is 1. The maximum atomic E-state index is 12.3. The molecule has 0 aliphatic carbocycles. The van der Waals surface area contributed by atoms with Gasteiger partial charge in [-0.1, -0.05) is 36.4 Å². The van der Waals surface area contributed by atoms with Crippen LogP contribution >= 0.6 is 0 Å². The first-order valence-corrected chi connectivity index (χ1v) is 15.0. The first-order valence-electron chi connectivity index (χ1n) is 7.50. The molecule has 1 nitrogen and oxygen atoms in total. The normalized spacial score (nSPS) is 18.2. The molecule has 1 heterocycles. The van der Waals surface area contributed by atoms with Crippen LogP contribution in [-0.4, -0.2) is 42.5 Å². The van der Waals surface area contributed by atoms with Crippen molar-refractivity contribution in [1.29, 1.82) is 0 Å². The van der Waals surface area contributed by atoms with Crippen LogP contribution < -0.4 is 0 Å². The molecule has 0 saturated carbocycles. The van der Waals surface area contributed by atoms with Gasteiger partial charge in [0.25, 0.3) is 0 Å². The number of carbonyl (C=O) groups is 1. The van der Waals surface area contributed by atoms with E-state index in [1.54, 1.807) is 0 Å². The van der Waals surface area contributed by atoms with Crippen LogP contribution in [0.4, 0.5) is 16.9 Å². The van der Waals surface area contributed by atoms with Crippen molar-refractivity contribution in [2.24, 2.45) is 0 Å². The number of hydrogen-bond acceptors (Lipinski definition) is 1. The van der Waals surface area contributed by atoms with Crippen molar-refractivity contribution in [3.8, 4) is 0 Å². The molecule has 2 aromatic carbocycles. The molecule has 0 radical (unpaired) electrons. The Morgan fingerprint density at radius 2 is 1.40 bits per heavy atom. The van der Waals surface area contributed by atoms with Gasteiger partial charge in [-0.25, -0.2) is 0 Å². The van der Waals surface area contributed by atoms with Gasteiger partial charge in [0.1, 0.15) is 11.5 Å². The number of rotatable bonds is 3. The van der Waals surface area contributed by atoms with Crippen molar-refractivity contribution in [3.63, 3.8) is 0 Å². The first-order chi connectivity index (χ1) is 11.3. The van der Waals surface area contributed by atoms with Crippen LogP contribution in [0, 0.1) is 0 Å². The third-order valence-electron chi connectivity index (χ3n) is 3.52. The number of benzene rings is 2. The number of carbonyl (C=O) groups excluding carboxylic acids is 1. The van der Waals surface area contributed by atoms with E-state index >= 15 is 0 Å². The van der Waals surface area contributed by atoms with Crippen molar-refractivity contribution in [3.05, 3.63) is 48.0 Å². The Bertz CT molecular complexity index is 757. The monoisotopic (exact) mass is 492 g/mol. The molecule has 0 atom stereocenters. The van der Waals surface area contributed by atoms with Gasteiger partial charge in [0.15, 0.2) is 5.75 Å². The summed E-state index contributed by atoms with van der Waals surface area (Å²) in [5, 5.41) is 2.37. The van der Waals surface area contributed by atoms with Gasteiger partial charge >= 0.3 is 36.4 Å². The molecule has 1 aliphatic rings.